The number of nitrogens with one attached hydrogen (secondary N) is 1. The highest BCUT2D eigenvalue weighted by molar-refractivity contribution is 5.84. The standard InChI is InChI=1S/C26H33N5O2/c1-18(32)29(2)20-8-10-22-23-11-13-25(28-26(23)30(3)24(22)12-9-20)27-19-4-6-21(7-5-19)31-14-16-33-17-15-31/h4-7,11,13,20H,8-10,12,14-17H2,1-3H3,(H,27,28). The highest BCUT2D eigenvalue weighted by Gasteiger charge is 2.25. The quantitative estimate of drug-likeness (QED) is 0.615. The monoisotopic (exact) mass is 447 g/mol. The number of hydrogen-bond donors (Lipinski definition) is 1. The van der Waals surface area contributed by atoms with E-state index in [-0.39, 0.29) is 5.91 Å². The summed E-state index contributed by atoms with van der Waals surface area (Å²) in [6.45, 7) is 5.11. The van der Waals surface area contributed by atoms with Crippen LogP contribution in [0.15, 0.2) is 36.4 Å². The van der Waals surface area contributed by atoms with Crippen molar-refractivity contribution in [3.05, 3.63) is 47.7 Å². The van der Waals surface area contributed by atoms with Gasteiger partial charge >= 0.3 is 0 Å². The highest BCUT2D eigenvalue weighted by atomic mass is 16.5. The van der Waals surface area contributed by atoms with Crippen molar-refractivity contribution in [1.82, 2.24) is 14.5 Å². The van der Waals surface area contributed by atoms with Crippen LogP contribution < -0.4 is 10.2 Å². The van der Waals surface area contributed by atoms with Crippen molar-refractivity contribution in [2.24, 2.45) is 7.05 Å². The number of aryl methyl sites for hydroxylation is 2. The van der Waals surface area contributed by atoms with E-state index in [0.717, 1.165) is 69.1 Å². The third-order valence-electron chi connectivity index (χ3n) is 7.27. The number of benzene rings is 1. The van der Waals surface area contributed by atoms with Gasteiger partial charge in [-0.3, -0.25) is 4.79 Å². The smallest absolute Gasteiger partial charge is 0.219 e. The molecule has 7 heteroatoms. The molecule has 0 spiro atoms. The molecule has 1 atom stereocenters. The number of pyridine rings is 1. The lowest BCUT2D eigenvalue weighted by Crippen LogP contribution is -2.36. The molecule has 1 N–H and O–H groups in total. The van der Waals surface area contributed by atoms with Gasteiger partial charge in [0.05, 0.1) is 13.2 Å². The molecular formula is C26H33N5O2. The van der Waals surface area contributed by atoms with Crippen molar-refractivity contribution in [3.8, 4) is 0 Å². The molecule has 1 saturated heterocycles. The predicted molar refractivity (Wildman–Crippen MR) is 132 cm³/mol. The number of nitrogens with zero attached hydrogens (tertiary/aromatic N) is 4. The number of fused-ring (bicyclic) bond motifs is 3. The van der Waals surface area contributed by atoms with E-state index in [1.54, 1.807) is 6.92 Å². The lowest BCUT2D eigenvalue weighted by Gasteiger charge is -2.28. The largest absolute Gasteiger partial charge is 0.378 e. The molecule has 1 aliphatic carbocycles. The predicted octanol–water partition coefficient (Wildman–Crippen LogP) is 3.88. The van der Waals surface area contributed by atoms with Gasteiger partial charge in [0.25, 0.3) is 0 Å². The molecule has 1 fully saturated rings. The van der Waals surface area contributed by atoms with E-state index in [9.17, 15) is 4.79 Å². The first kappa shape index (κ1) is 21.8. The Morgan fingerprint density at radius 3 is 2.55 bits per heavy atom. The minimum Gasteiger partial charge on any atom is -0.378 e. The van der Waals surface area contributed by atoms with E-state index in [2.05, 4.69) is 58.2 Å². The lowest BCUT2D eigenvalue weighted by atomic mass is 10.1. The maximum Gasteiger partial charge on any atom is 0.219 e. The average Bonchev–Trinajstić information content (AvgIpc) is 2.98. The van der Waals surface area contributed by atoms with Crippen LogP contribution in [0.2, 0.25) is 0 Å². The van der Waals surface area contributed by atoms with Crippen LogP contribution >= 0.6 is 0 Å². The second-order valence-corrected chi connectivity index (χ2v) is 9.18. The molecule has 5 rings (SSSR count). The Kier molecular flexibility index (Phi) is 5.98. The van der Waals surface area contributed by atoms with Crippen LogP contribution in [0.25, 0.3) is 11.0 Å². The van der Waals surface area contributed by atoms with Crippen LogP contribution in [0, 0.1) is 0 Å². The van der Waals surface area contributed by atoms with Crippen molar-refractivity contribution in [3.63, 3.8) is 0 Å². The Morgan fingerprint density at radius 1 is 1.09 bits per heavy atom. The maximum atomic E-state index is 11.8. The molecule has 0 saturated carbocycles. The number of anilines is 3. The summed E-state index contributed by atoms with van der Waals surface area (Å²) < 4.78 is 7.69. The van der Waals surface area contributed by atoms with E-state index >= 15 is 0 Å². The summed E-state index contributed by atoms with van der Waals surface area (Å²) in [7, 11) is 4.04. The van der Waals surface area contributed by atoms with Gasteiger partial charge in [0, 0.05) is 62.6 Å². The number of morpholine rings is 1. The molecule has 0 radical (unpaired) electrons. The van der Waals surface area contributed by atoms with Gasteiger partial charge in [-0.2, -0.15) is 0 Å². The molecule has 1 aliphatic heterocycles. The summed E-state index contributed by atoms with van der Waals surface area (Å²) in [6.07, 6.45) is 3.94. The Morgan fingerprint density at radius 2 is 1.82 bits per heavy atom. The molecule has 3 heterocycles. The third-order valence-corrected chi connectivity index (χ3v) is 7.27. The molecule has 33 heavy (non-hydrogen) atoms. The summed E-state index contributed by atoms with van der Waals surface area (Å²) >= 11 is 0. The number of rotatable bonds is 4. The number of aromatic nitrogens is 2. The van der Waals surface area contributed by atoms with Crippen molar-refractivity contribution < 1.29 is 9.53 Å². The number of hydrogen-bond acceptors (Lipinski definition) is 5. The normalized spacial score (nSPS) is 18.6. The number of carbonyl (C=O) groups is 1. The van der Waals surface area contributed by atoms with Crippen LogP contribution in [0.5, 0.6) is 0 Å². The lowest BCUT2D eigenvalue weighted by molar-refractivity contribution is -0.129. The van der Waals surface area contributed by atoms with Crippen LogP contribution in [0.3, 0.4) is 0 Å². The van der Waals surface area contributed by atoms with Gasteiger partial charge in [0.2, 0.25) is 5.91 Å². The fraction of sp³-hybridized carbons (Fsp3) is 0.462. The third kappa shape index (κ3) is 4.29. The van der Waals surface area contributed by atoms with Gasteiger partial charge in [-0.05, 0) is 67.6 Å². The summed E-state index contributed by atoms with van der Waals surface area (Å²) in [5, 5.41) is 4.70. The first-order chi connectivity index (χ1) is 16.0. The van der Waals surface area contributed by atoms with Gasteiger partial charge < -0.3 is 24.4 Å². The molecular weight excluding hydrogens is 414 g/mol. The van der Waals surface area contributed by atoms with Crippen LogP contribution in [0.1, 0.15) is 31.0 Å². The second kappa shape index (κ2) is 9.06. The van der Waals surface area contributed by atoms with Crippen molar-refractivity contribution in [2.75, 3.05) is 43.6 Å². The summed E-state index contributed by atoms with van der Waals surface area (Å²) in [6, 6.07) is 13.1. The Balaban J connectivity index is 1.34. The van der Waals surface area contributed by atoms with Crippen molar-refractivity contribution in [1.29, 1.82) is 0 Å². The molecule has 1 amide bonds. The topological polar surface area (TPSA) is 62.6 Å². The minimum absolute atomic E-state index is 0.145. The van der Waals surface area contributed by atoms with Gasteiger partial charge in [-0.15, -0.1) is 0 Å². The van der Waals surface area contributed by atoms with Crippen LogP contribution in [-0.4, -0.2) is 59.8 Å². The van der Waals surface area contributed by atoms with Crippen molar-refractivity contribution in [2.45, 2.75) is 38.6 Å². The number of carbonyl (C=O) groups excluding carboxylic acids is 1. The molecule has 7 nitrogen and oxygen atoms in total. The zero-order valence-corrected chi connectivity index (χ0v) is 19.8. The minimum atomic E-state index is 0.145. The average molecular weight is 448 g/mol. The zero-order valence-electron chi connectivity index (χ0n) is 19.8. The molecule has 174 valence electrons. The van der Waals surface area contributed by atoms with E-state index in [1.165, 1.54) is 22.3 Å². The fourth-order valence-electron chi connectivity index (χ4n) is 5.22. The van der Waals surface area contributed by atoms with Gasteiger partial charge in [0.1, 0.15) is 11.5 Å². The van der Waals surface area contributed by atoms with Crippen LogP contribution in [0.4, 0.5) is 17.2 Å². The van der Waals surface area contributed by atoms with Crippen molar-refractivity contribution >= 4 is 34.1 Å². The van der Waals surface area contributed by atoms with Gasteiger partial charge in [-0.25, -0.2) is 4.98 Å². The fourth-order valence-corrected chi connectivity index (χ4v) is 5.22. The van der Waals surface area contributed by atoms with Crippen LogP contribution in [-0.2, 0) is 29.4 Å². The van der Waals surface area contributed by atoms with Gasteiger partial charge in [-0.1, -0.05) is 0 Å². The number of ether oxygens (including phenoxy) is 1. The molecule has 2 aliphatic rings. The SMILES string of the molecule is CC(=O)N(C)C1CCc2c(n(C)c3nc(Nc4ccc(N5CCOCC5)cc4)ccc23)CC1. The van der Waals surface area contributed by atoms with Gasteiger partial charge in [0.15, 0.2) is 0 Å². The first-order valence-corrected chi connectivity index (χ1v) is 11.9. The zero-order chi connectivity index (χ0) is 22.9. The second-order valence-electron chi connectivity index (χ2n) is 9.18. The molecule has 0 bridgehead atoms. The molecule has 2 aromatic heterocycles. The first-order valence-electron chi connectivity index (χ1n) is 11.9. The van der Waals surface area contributed by atoms with E-state index in [1.807, 2.05) is 11.9 Å². The summed E-state index contributed by atoms with van der Waals surface area (Å²) in [5.41, 5.74) is 6.02. The highest BCUT2D eigenvalue weighted by Crippen LogP contribution is 2.32. The molecule has 1 aromatic carbocycles. The molecule has 1 unspecified atom stereocenters. The Hall–Kier alpha value is -3.06. The molecule has 3 aromatic rings. The number of amides is 1. The maximum absolute atomic E-state index is 11.8. The summed E-state index contributed by atoms with van der Waals surface area (Å²) in [4.78, 5) is 21.0. The Labute approximate surface area is 195 Å². The van der Waals surface area contributed by atoms with E-state index in [4.69, 9.17) is 9.72 Å². The Bertz CT molecular complexity index is 1150. The summed E-state index contributed by atoms with van der Waals surface area (Å²) in [5.74, 6) is 0.998. The van der Waals surface area contributed by atoms with E-state index < -0.39 is 0 Å². The van der Waals surface area contributed by atoms with E-state index in [0.29, 0.717) is 6.04 Å².